The highest BCUT2D eigenvalue weighted by molar-refractivity contribution is 7.99. The van der Waals surface area contributed by atoms with Crippen LogP contribution in [0.25, 0.3) is 0 Å². The number of hydrogen-bond acceptors (Lipinski definition) is 5. The second-order valence-electron chi connectivity index (χ2n) is 4.67. The Bertz CT molecular complexity index is 414. The van der Waals surface area contributed by atoms with Crippen molar-refractivity contribution in [1.82, 2.24) is 9.97 Å². The number of thioether (sulfide) groups is 1. The van der Waals surface area contributed by atoms with Crippen LogP contribution in [0.3, 0.4) is 0 Å². The van der Waals surface area contributed by atoms with Gasteiger partial charge in [0.2, 0.25) is 5.91 Å². The highest BCUT2D eigenvalue weighted by Gasteiger charge is 2.24. The maximum atomic E-state index is 11.0. The average Bonchev–Trinajstić information content (AvgIpc) is 2.23. The molecule has 1 rings (SSSR count). The van der Waals surface area contributed by atoms with E-state index in [0.717, 1.165) is 28.7 Å². The van der Waals surface area contributed by atoms with Crippen molar-refractivity contribution in [2.75, 3.05) is 5.75 Å². The minimum atomic E-state index is -0.927. The van der Waals surface area contributed by atoms with Crippen LogP contribution in [0.2, 0.25) is 0 Å². The standard InChI is InChI=1S/C12H20N4OS/c1-8-7-9(2)16-11(15-8)18-6-4-5-12(3,14)10(13)17/h7H,4-6,14H2,1-3H3,(H2,13,17). The predicted octanol–water partition coefficient (Wildman–Crippen LogP) is 1.17. The number of rotatable bonds is 6. The third kappa shape index (κ3) is 4.62. The maximum Gasteiger partial charge on any atom is 0.237 e. The zero-order valence-corrected chi connectivity index (χ0v) is 11.9. The first kappa shape index (κ1) is 14.9. The molecule has 4 N–H and O–H groups in total. The Morgan fingerprint density at radius 1 is 1.39 bits per heavy atom. The van der Waals surface area contributed by atoms with Crippen LogP contribution in [0.5, 0.6) is 0 Å². The fourth-order valence-corrected chi connectivity index (χ4v) is 2.37. The van der Waals surface area contributed by atoms with E-state index in [1.54, 1.807) is 18.7 Å². The number of carbonyl (C=O) groups excluding carboxylic acids is 1. The number of nitrogens with zero attached hydrogens (tertiary/aromatic N) is 2. The van der Waals surface area contributed by atoms with Crippen molar-refractivity contribution >= 4 is 17.7 Å². The molecule has 1 aromatic heterocycles. The highest BCUT2D eigenvalue weighted by atomic mass is 32.2. The van der Waals surface area contributed by atoms with Gasteiger partial charge in [-0.15, -0.1) is 0 Å². The molecule has 100 valence electrons. The van der Waals surface area contributed by atoms with E-state index in [2.05, 4.69) is 9.97 Å². The number of hydrogen-bond donors (Lipinski definition) is 2. The van der Waals surface area contributed by atoms with Gasteiger partial charge in [-0.05, 0) is 39.7 Å². The molecule has 0 radical (unpaired) electrons. The van der Waals surface area contributed by atoms with E-state index in [1.165, 1.54) is 0 Å². The molecule has 1 amide bonds. The van der Waals surface area contributed by atoms with Gasteiger partial charge in [-0.2, -0.15) is 0 Å². The minimum Gasteiger partial charge on any atom is -0.368 e. The van der Waals surface area contributed by atoms with Crippen molar-refractivity contribution in [3.63, 3.8) is 0 Å². The largest absolute Gasteiger partial charge is 0.368 e. The van der Waals surface area contributed by atoms with E-state index in [4.69, 9.17) is 11.5 Å². The van der Waals surface area contributed by atoms with Gasteiger partial charge < -0.3 is 11.5 Å². The molecule has 1 unspecified atom stereocenters. The van der Waals surface area contributed by atoms with Crippen LogP contribution in [-0.4, -0.2) is 27.2 Å². The second-order valence-corrected chi connectivity index (χ2v) is 5.73. The van der Waals surface area contributed by atoms with Crippen LogP contribution in [0.4, 0.5) is 0 Å². The van der Waals surface area contributed by atoms with Gasteiger partial charge in [0.05, 0.1) is 5.54 Å². The minimum absolute atomic E-state index is 0.463. The lowest BCUT2D eigenvalue weighted by atomic mass is 9.97. The molecule has 0 spiro atoms. The molecule has 0 aliphatic rings. The van der Waals surface area contributed by atoms with Crippen LogP contribution in [-0.2, 0) is 4.79 Å². The van der Waals surface area contributed by atoms with E-state index < -0.39 is 11.4 Å². The second kappa shape index (κ2) is 6.15. The van der Waals surface area contributed by atoms with E-state index in [-0.39, 0.29) is 0 Å². The number of aromatic nitrogens is 2. The normalized spacial score (nSPS) is 14.2. The summed E-state index contributed by atoms with van der Waals surface area (Å²) in [5.74, 6) is 0.360. The molecule has 5 nitrogen and oxygen atoms in total. The van der Waals surface area contributed by atoms with Crippen molar-refractivity contribution in [2.24, 2.45) is 11.5 Å². The lowest BCUT2D eigenvalue weighted by molar-refractivity contribution is -0.122. The average molecular weight is 268 g/mol. The summed E-state index contributed by atoms with van der Waals surface area (Å²) in [6, 6.07) is 1.94. The molecule has 0 aromatic carbocycles. The Morgan fingerprint density at radius 3 is 2.44 bits per heavy atom. The summed E-state index contributed by atoms with van der Waals surface area (Å²) in [5, 5.41) is 0.769. The summed E-state index contributed by atoms with van der Waals surface area (Å²) < 4.78 is 0. The quantitative estimate of drug-likeness (QED) is 0.459. The Balaban J connectivity index is 2.40. The van der Waals surface area contributed by atoms with Gasteiger partial charge in [0.15, 0.2) is 5.16 Å². The first-order valence-corrected chi connectivity index (χ1v) is 6.84. The van der Waals surface area contributed by atoms with Gasteiger partial charge >= 0.3 is 0 Å². The first-order chi connectivity index (χ1) is 8.31. The van der Waals surface area contributed by atoms with Crippen molar-refractivity contribution in [3.8, 4) is 0 Å². The molecule has 6 heteroatoms. The summed E-state index contributed by atoms with van der Waals surface area (Å²) in [7, 11) is 0. The van der Waals surface area contributed by atoms with Crippen molar-refractivity contribution in [1.29, 1.82) is 0 Å². The summed E-state index contributed by atoms with van der Waals surface area (Å²) in [6.07, 6.45) is 1.37. The van der Waals surface area contributed by atoms with Crippen LogP contribution in [0.1, 0.15) is 31.2 Å². The molecule has 1 aromatic rings. The van der Waals surface area contributed by atoms with Gasteiger partial charge in [0, 0.05) is 17.1 Å². The van der Waals surface area contributed by atoms with Gasteiger partial charge in [-0.3, -0.25) is 4.79 Å². The molecule has 0 bridgehead atoms. The fourth-order valence-electron chi connectivity index (χ4n) is 1.48. The first-order valence-electron chi connectivity index (χ1n) is 5.85. The highest BCUT2D eigenvalue weighted by Crippen LogP contribution is 2.18. The molecule has 0 saturated heterocycles. The van der Waals surface area contributed by atoms with Crippen LogP contribution < -0.4 is 11.5 Å². The Morgan fingerprint density at radius 2 is 1.94 bits per heavy atom. The van der Waals surface area contributed by atoms with E-state index in [9.17, 15) is 4.79 Å². The number of amides is 1. The predicted molar refractivity (Wildman–Crippen MR) is 73.3 cm³/mol. The summed E-state index contributed by atoms with van der Waals surface area (Å²) >= 11 is 1.57. The lowest BCUT2D eigenvalue weighted by Gasteiger charge is -2.19. The summed E-state index contributed by atoms with van der Waals surface area (Å²) in [4.78, 5) is 19.7. The lowest BCUT2D eigenvalue weighted by Crippen LogP contribution is -2.49. The topological polar surface area (TPSA) is 94.9 Å². The molecular formula is C12H20N4OS. The number of nitrogens with two attached hydrogens (primary N) is 2. The number of carbonyl (C=O) groups is 1. The third-order valence-corrected chi connectivity index (χ3v) is 3.53. The molecule has 1 atom stereocenters. The van der Waals surface area contributed by atoms with E-state index in [1.807, 2.05) is 19.9 Å². The van der Waals surface area contributed by atoms with Gasteiger partial charge in [-0.1, -0.05) is 11.8 Å². The maximum absolute atomic E-state index is 11.0. The van der Waals surface area contributed by atoms with Gasteiger partial charge in [0.25, 0.3) is 0 Å². The van der Waals surface area contributed by atoms with Crippen molar-refractivity contribution in [2.45, 2.75) is 44.3 Å². The van der Waals surface area contributed by atoms with Gasteiger partial charge in [0.1, 0.15) is 0 Å². The Labute approximate surface area is 112 Å². The van der Waals surface area contributed by atoms with Crippen LogP contribution in [0.15, 0.2) is 11.2 Å². The molecule has 0 aliphatic heterocycles. The smallest absolute Gasteiger partial charge is 0.237 e. The van der Waals surface area contributed by atoms with Gasteiger partial charge in [-0.25, -0.2) is 9.97 Å². The van der Waals surface area contributed by atoms with E-state index in [0.29, 0.717) is 6.42 Å². The zero-order chi connectivity index (χ0) is 13.8. The van der Waals surface area contributed by atoms with E-state index >= 15 is 0 Å². The molecule has 18 heavy (non-hydrogen) atoms. The number of primary amides is 1. The number of aryl methyl sites for hydroxylation is 2. The van der Waals surface area contributed by atoms with Crippen molar-refractivity contribution in [3.05, 3.63) is 17.5 Å². The van der Waals surface area contributed by atoms with Crippen molar-refractivity contribution < 1.29 is 4.79 Å². The van der Waals surface area contributed by atoms with Crippen LogP contribution in [0, 0.1) is 13.8 Å². The Hall–Kier alpha value is -1.14. The molecule has 1 heterocycles. The fraction of sp³-hybridized carbons (Fsp3) is 0.583. The third-order valence-electron chi connectivity index (χ3n) is 2.60. The van der Waals surface area contributed by atoms with Crippen LogP contribution >= 0.6 is 11.8 Å². The summed E-state index contributed by atoms with van der Waals surface area (Å²) in [6.45, 7) is 5.55. The summed E-state index contributed by atoms with van der Waals surface area (Å²) in [5.41, 5.74) is 12.0. The molecule has 0 fully saturated rings. The molecule has 0 aliphatic carbocycles. The molecular weight excluding hydrogens is 248 g/mol. The molecule has 0 saturated carbocycles. The SMILES string of the molecule is Cc1cc(C)nc(SCCCC(C)(N)C(N)=O)n1. The monoisotopic (exact) mass is 268 g/mol. The zero-order valence-electron chi connectivity index (χ0n) is 11.1. The Kier molecular flexibility index (Phi) is 5.10.